The van der Waals surface area contributed by atoms with Gasteiger partial charge in [0, 0.05) is 12.1 Å². The maximum absolute atomic E-state index is 13.2. The predicted molar refractivity (Wildman–Crippen MR) is 122 cm³/mol. The largest absolute Gasteiger partial charge is 0.497 e. The number of rotatable bonds is 9. The van der Waals surface area contributed by atoms with Crippen LogP contribution in [0.15, 0.2) is 48.5 Å². The summed E-state index contributed by atoms with van der Waals surface area (Å²) in [6, 6.07) is 14.4. The minimum absolute atomic E-state index is 0.147. The smallest absolute Gasteiger partial charge is 0.261 e. The average Bonchev–Trinajstić information content (AvgIpc) is 2.71. The van der Waals surface area contributed by atoms with Gasteiger partial charge in [-0.05, 0) is 63.9 Å². The molecule has 6 heteroatoms. The second-order valence-electron chi connectivity index (χ2n) is 8.64. The van der Waals surface area contributed by atoms with E-state index in [-0.39, 0.29) is 25.0 Å². The number of nitrogens with one attached hydrogen (secondary N) is 1. The molecule has 1 N–H and O–H groups in total. The molecule has 0 saturated carbocycles. The Hall–Kier alpha value is -3.02. The highest BCUT2D eigenvalue weighted by atomic mass is 16.5. The van der Waals surface area contributed by atoms with Crippen LogP contribution in [0.5, 0.6) is 11.5 Å². The number of carbonyl (C=O) groups is 2. The van der Waals surface area contributed by atoms with E-state index in [4.69, 9.17) is 9.47 Å². The zero-order valence-electron chi connectivity index (χ0n) is 19.4. The number of amides is 2. The quantitative estimate of drug-likeness (QED) is 0.655. The van der Waals surface area contributed by atoms with Gasteiger partial charge in [0.05, 0.1) is 7.11 Å². The van der Waals surface area contributed by atoms with Crippen LogP contribution in [0.1, 0.15) is 45.2 Å². The molecule has 2 aromatic rings. The van der Waals surface area contributed by atoms with Crippen molar-refractivity contribution in [1.82, 2.24) is 10.2 Å². The van der Waals surface area contributed by atoms with Gasteiger partial charge in [0.25, 0.3) is 5.91 Å². The van der Waals surface area contributed by atoms with E-state index < -0.39 is 11.6 Å². The van der Waals surface area contributed by atoms with Crippen LogP contribution in [0.2, 0.25) is 0 Å². The molecule has 168 valence electrons. The number of aryl methyl sites for hydroxylation is 1. The SMILES string of the molecule is CC[C@H](C(=O)NC(C)(C)C)N(Cc1cccc(OC)c1)C(=O)COc1ccc(C)cc1. The van der Waals surface area contributed by atoms with Crippen LogP contribution in [0.25, 0.3) is 0 Å². The Morgan fingerprint density at radius 2 is 1.74 bits per heavy atom. The fourth-order valence-electron chi connectivity index (χ4n) is 3.20. The summed E-state index contributed by atoms with van der Waals surface area (Å²) < 4.78 is 11.0. The van der Waals surface area contributed by atoms with Crippen molar-refractivity contribution in [3.63, 3.8) is 0 Å². The Labute approximate surface area is 185 Å². The molecule has 0 heterocycles. The van der Waals surface area contributed by atoms with Gasteiger partial charge in [-0.2, -0.15) is 0 Å². The first-order valence-corrected chi connectivity index (χ1v) is 10.6. The maximum atomic E-state index is 13.2. The minimum atomic E-state index is -0.612. The Balaban J connectivity index is 2.24. The van der Waals surface area contributed by atoms with E-state index in [1.807, 2.05) is 83.1 Å². The van der Waals surface area contributed by atoms with E-state index >= 15 is 0 Å². The standard InChI is InChI=1S/C25H34N2O4/c1-7-22(24(29)26-25(3,4)5)27(16-19-9-8-10-21(15-19)30-6)23(28)17-31-20-13-11-18(2)12-14-20/h8-15,22H,7,16-17H2,1-6H3,(H,26,29)/t22-/m1/s1. The first-order chi connectivity index (χ1) is 14.6. The van der Waals surface area contributed by atoms with Gasteiger partial charge in [-0.1, -0.05) is 36.8 Å². The van der Waals surface area contributed by atoms with E-state index in [0.717, 1.165) is 11.1 Å². The molecule has 2 rings (SSSR count). The molecule has 0 aromatic heterocycles. The van der Waals surface area contributed by atoms with Crippen LogP contribution in [0.3, 0.4) is 0 Å². The van der Waals surface area contributed by atoms with Gasteiger partial charge in [-0.15, -0.1) is 0 Å². The van der Waals surface area contributed by atoms with Gasteiger partial charge >= 0.3 is 0 Å². The molecule has 2 aromatic carbocycles. The molecule has 1 atom stereocenters. The highest BCUT2D eigenvalue weighted by Crippen LogP contribution is 2.19. The van der Waals surface area contributed by atoms with Crippen molar-refractivity contribution < 1.29 is 19.1 Å². The van der Waals surface area contributed by atoms with Gasteiger partial charge < -0.3 is 19.7 Å². The number of benzene rings is 2. The predicted octanol–water partition coefficient (Wildman–Crippen LogP) is 4.10. The fourth-order valence-corrected chi connectivity index (χ4v) is 3.20. The molecule has 0 saturated heterocycles. The molecule has 0 spiro atoms. The third kappa shape index (κ3) is 7.63. The molecular weight excluding hydrogens is 392 g/mol. The highest BCUT2D eigenvalue weighted by molar-refractivity contribution is 5.88. The maximum Gasteiger partial charge on any atom is 0.261 e. The second kappa shape index (κ2) is 10.8. The molecule has 6 nitrogen and oxygen atoms in total. The average molecular weight is 427 g/mol. The van der Waals surface area contributed by atoms with Gasteiger partial charge in [0.1, 0.15) is 17.5 Å². The number of nitrogens with zero attached hydrogens (tertiary/aromatic N) is 1. The highest BCUT2D eigenvalue weighted by Gasteiger charge is 2.31. The molecule has 0 aliphatic carbocycles. The van der Waals surface area contributed by atoms with Crippen LogP contribution < -0.4 is 14.8 Å². The number of ether oxygens (including phenoxy) is 2. The van der Waals surface area contributed by atoms with Crippen molar-refractivity contribution >= 4 is 11.8 Å². The lowest BCUT2D eigenvalue weighted by Gasteiger charge is -2.33. The zero-order chi connectivity index (χ0) is 23.0. The lowest BCUT2D eigenvalue weighted by Crippen LogP contribution is -2.54. The van der Waals surface area contributed by atoms with Crippen LogP contribution in [0.4, 0.5) is 0 Å². The van der Waals surface area contributed by atoms with Crippen LogP contribution >= 0.6 is 0 Å². The Morgan fingerprint density at radius 3 is 2.32 bits per heavy atom. The molecule has 0 bridgehead atoms. The van der Waals surface area contributed by atoms with Crippen molar-refractivity contribution in [3.05, 3.63) is 59.7 Å². The Kier molecular flexibility index (Phi) is 8.48. The number of methoxy groups -OCH3 is 1. The van der Waals surface area contributed by atoms with E-state index in [2.05, 4.69) is 5.32 Å². The molecule has 0 unspecified atom stereocenters. The van der Waals surface area contributed by atoms with E-state index in [0.29, 0.717) is 17.9 Å². The molecule has 0 aliphatic rings. The van der Waals surface area contributed by atoms with E-state index in [1.165, 1.54) is 0 Å². The summed E-state index contributed by atoms with van der Waals surface area (Å²) in [5.41, 5.74) is 1.60. The monoisotopic (exact) mass is 426 g/mol. The lowest BCUT2D eigenvalue weighted by molar-refractivity contribution is -0.143. The molecule has 0 radical (unpaired) electrons. The van der Waals surface area contributed by atoms with Gasteiger partial charge in [0.2, 0.25) is 5.91 Å². The molecule has 0 aliphatic heterocycles. The lowest BCUT2D eigenvalue weighted by atomic mass is 10.1. The van der Waals surface area contributed by atoms with Gasteiger partial charge in [-0.25, -0.2) is 0 Å². The summed E-state index contributed by atoms with van der Waals surface area (Å²) in [4.78, 5) is 27.8. The molecule has 31 heavy (non-hydrogen) atoms. The fraction of sp³-hybridized carbons (Fsp3) is 0.440. The normalized spacial score (nSPS) is 12.1. The van der Waals surface area contributed by atoms with Crippen LogP contribution in [0, 0.1) is 6.92 Å². The van der Waals surface area contributed by atoms with Crippen molar-refractivity contribution in [2.24, 2.45) is 0 Å². The summed E-state index contributed by atoms with van der Waals surface area (Å²) in [6.45, 7) is 9.80. The minimum Gasteiger partial charge on any atom is -0.497 e. The Bertz CT molecular complexity index is 872. The van der Waals surface area contributed by atoms with Crippen LogP contribution in [-0.2, 0) is 16.1 Å². The Morgan fingerprint density at radius 1 is 1.06 bits per heavy atom. The van der Waals surface area contributed by atoms with Crippen LogP contribution in [-0.4, -0.2) is 42.0 Å². The molecule has 0 fully saturated rings. The number of carbonyl (C=O) groups excluding carboxylic acids is 2. The van der Waals surface area contributed by atoms with Gasteiger partial charge in [-0.3, -0.25) is 9.59 Å². The summed E-state index contributed by atoms with van der Waals surface area (Å²) in [5, 5.41) is 3.00. The first-order valence-electron chi connectivity index (χ1n) is 10.6. The summed E-state index contributed by atoms with van der Waals surface area (Å²) in [6.07, 6.45) is 0.488. The third-order valence-corrected chi connectivity index (χ3v) is 4.75. The summed E-state index contributed by atoms with van der Waals surface area (Å²) in [5.74, 6) is 0.890. The number of hydrogen-bond acceptors (Lipinski definition) is 4. The van der Waals surface area contributed by atoms with Crippen molar-refractivity contribution in [2.75, 3.05) is 13.7 Å². The number of hydrogen-bond donors (Lipinski definition) is 1. The van der Waals surface area contributed by atoms with E-state index in [1.54, 1.807) is 12.0 Å². The van der Waals surface area contributed by atoms with Gasteiger partial charge in [0.15, 0.2) is 6.61 Å². The zero-order valence-corrected chi connectivity index (χ0v) is 19.4. The topological polar surface area (TPSA) is 67.9 Å². The second-order valence-corrected chi connectivity index (χ2v) is 8.64. The van der Waals surface area contributed by atoms with Crippen molar-refractivity contribution in [3.8, 4) is 11.5 Å². The third-order valence-electron chi connectivity index (χ3n) is 4.75. The van der Waals surface area contributed by atoms with E-state index in [9.17, 15) is 9.59 Å². The summed E-state index contributed by atoms with van der Waals surface area (Å²) >= 11 is 0. The summed E-state index contributed by atoms with van der Waals surface area (Å²) in [7, 11) is 1.60. The van der Waals surface area contributed by atoms with Crippen molar-refractivity contribution in [1.29, 1.82) is 0 Å². The molecule has 2 amide bonds. The van der Waals surface area contributed by atoms with Crippen molar-refractivity contribution in [2.45, 2.75) is 59.2 Å². The molecular formula is C25H34N2O4. The first kappa shape index (κ1) is 24.3.